The van der Waals surface area contributed by atoms with Crippen molar-refractivity contribution in [2.24, 2.45) is 17.8 Å². The molecule has 8 aliphatic rings. The van der Waals surface area contributed by atoms with Gasteiger partial charge < -0.3 is 24.3 Å². The molecule has 4 aliphatic carbocycles. The van der Waals surface area contributed by atoms with Crippen LogP contribution >= 0.6 is 11.8 Å². The second-order valence-corrected chi connectivity index (χ2v) is 31.3. The first-order chi connectivity index (χ1) is 54.6. The molecule has 0 spiro atoms. The van der Waals surface area contributed by atoms with Gasteiger partial charge in [-0.15, -0.1) is 11.8 Å². The monoisotopic (exact) mass is 1430 g/mol. The smallest absolute Gasteiger partial charge is 0.251 e. The van der Waals surface area contributed by atoms with E-state index in [1.54, 1.807) is 0 Å². The molecule has 524 valence electrons. The summed E-state index contributed by atoms with van der Waals surface area (Å²) in [4.78, 5) is 10.4. The molecule has 7 atom stereocenters. The molecule has 0 aromatic heterocycles. The number of hydrogen-bond donors (Lipinski definition) is 0. The summed E-state index contributed by atoms with van der Waals surface area (Å²) in [6.07, 6.45) is 26.1. The molecule has 13 aromatic rings. The molecular formula is C103H77BN4OS. The third-order valence-corrected chi connectivity index (χ3v) is 25.2. The summed E-state index contributed by atoms with van der Waals surface area (Å²) in [5, 5.41) is 0.132. The summed E-state index contributed by atoms with van der Waals surface area (Å²) in [7, 11) is 0. The van der Waals surface area contributed by atoms with E-state index < -0.39 is 0 Å². The molecule has 0 radical (unpaired) electrons. The maximum Gasteiger partial charge on any atom is 0.251 e. The van der Waals surface area contributed by atoms with Crippen molar-refractivity contribution in [1.82, 2.24) is 0 Å². The Morgan fingerprint density at radius 1 is 0.418 bits per heavy atom. The van der Waals surface area contributed by atoms with Crippen LogP contribution in [-0.4, -0.2) is 23.3 Å². The second-order valence-electron chi connectivity index (χ2n) is 29.9. The lowest BCUT2D eigenvalue weighted by Crippen LogP contribution is -2.58. The molecule has 110 heavy (non-hydrogen) atoms. The highest BCUT2D eigenvalue weighted by atomic mass is 32.2. The molecule has 13 aromatic carbocycles. The molecule has 4 heterocycles. The minimum Gasteiger partial charge on any atom is -0.486 e. The number of ether oxygens (including phenoxy) is 1. The highest BCUT2D eigenvalue weighted by Crippen LogP contribution is 2.61. The fourth-order valence-corrected chi connectivity index (χ4v) is 20.6. The summed E-state index contributed by atoms with van der Waals surface area (Å²) in [5.74, 6) is 1.52. The van der Waals surface area contributed by atoms with Crippen LogP contribution in [0.15, 0.2) is 434 Å². The van der Waals surface area contributed by atoms with Gasteiger partial charge in [0.2, 0.25) is 0 Å². The summed E-state index contributed by atoms with van der Waals surface area (Å²) < 4.78 is 7.56. The minimum absolute atomic E-state index is 0.0497. The average molecular weight is 1430 g/mol. The Morgan fingerprint density at radius 3 is 1.60 bits per heavy atom. The van der Waals surface area contributed by atoms with Crippen LogP contribution in [0.5, 0.6) is 0 Å². The van der Waals surface area contributed by atoms with Crippen molar-refractivity contribution in [3.05, 3.63) is 440 Å². The zero-order chi connectivity index (χ0) is 72.6. The second kappa shape index (κ2) is 27.8. The summed E-state index contributed by atoms with van der Waals surface area (Å²) in [6, 6.07) is 126. The molecule has 0 bridgehead atoms. The lowest BCUT2D eigenvalue weighted by Gasteiger charge is -2.54. The topological polar surface area (TPSA) is 22.2 Å². The number of fused-ring (bicyclic) bond motifs is 8. The van der Waals surface area contributed by atoms with Crippen LogP contribution in [0.2, 0.25) is 0 Å². The molecule has 0 N–H and O–H groups in total. The zero-order valence-corrected chi connectivity index (χ0v) is 61.6. The van der Waals surface area contributed by atoms with Crippen molar-refractivity contribution < 1.29 is 4.74 Å². The van der Waals surface area contributed by atoms with Crippen molar-refractivity contribution in [1.29, 1.82) is 0 Å². The van der Waals surface area contributed by atoms with E-state index in [1.165, 1.54) is 78.0 Å². The Balaban J connectivity index is 0.811. The van der Waals surface area contributed by atoms with Gasteiger partial charge in [-0.2, -0.15) is 0 Å². The Morgan fingerprint density at radius 2 is 0.955 bits per heavy atom. The average Bonchev–Trinajstić information content (AvgIpc) is 0.685. The summed E-state index contributed by atoms with van der Waals surface area (Å²) in [5.41, 5.74) is 32.0. The maximum atomic E-state index is 7.56. The Labute approximate surface area is 649 Å². The van der Waals surface area contributed by atoms with E-state index in [0.29, 0.717) is 0 Å². The standard InChI is InChI=1S/C103H77BN4OS/c1-8-29-69(30-9-1)73-53-57-80(58-54-73)105(82-45-26-41-77(61-82)71-33-12-3-13-34-71)84-63-94-102-95(64-84)108(103-86(75-37-16-5-17-38-75)48-28-49-87(103)76-39-18-6-19-40-76)93-68-98-89(67-91(93)104(102)90-50-23-24-51-92(90)107(94)79-43-20-7-21-44-79)100-88-47-22-25-52-96(88)109-97-65-85(66-99(110-98)101(97)100)106(81-59-55-74(56-60-81)70-31-10-2-11-32-70)83-46-27-42-78(62-83)72-35-14-4-15-36-72/h1-40,42-65,67-68,77,88-89,96,98-100H,41,66H2. The fourth-order valence-electron chi connectivity index (χ4n) is 18.9. The van der Waals surface area contributed by atoms with Gasteiger partial charge in [0, 0.05) is 109 Å². The van der Waals surface area contributed by atoms with E-state index in [2.05, 4.69) is 432 Å². The van der Waals surface area contributed by atoms with Crippen LogP contribution in [0, 0.1) is 17.8 Å². The van der Waals surface area contributed by atoms with Gasteiger partial charge >= 0.3 is 0 Å². The number of rotatable bonds is 14. The normalized spacial score (nSPS) is 20.1. The third kappa shape index (κ3) is 11.5. The Hall–Kier alpha value is -12.8. The van der Waals surface area contributed by atoms with E-state index in [0.717, 1.165) is 92.1 Å². The highest BCUT2D eigenvalue weighted by Gasteiger charge is 2.55. The summed E-state index contributed by atoms with van der Waals surface area (Å²) in [6.45, 7) is -0.160. The van der Waals surface area contributed by atoms with Crippen LogP contribution in [0.3, 0.4) is 0 Å². The molecule has 7 heteroatoms. The van der Waals surface area contributed by atoms with Crippen LogP contribution in [-0.2, 0) is 4.74 Å². The Bertz CT molecular complexity index is 5900. The third-order valence-electron chi connectivity index (χ3n) is 23.7. The van der Waals surface area contributed by atoms with Gasteiger partial charge in [-0.1, -0.05) is 309 Å². The van der Waals surface area contributed by atoms with Gasteiger partial charge in [0.15, 0.2) is 0 Å². The van der Waals surface area contributed by atoms with Gasteiger partial charge in [-0.25, -0.2) is 0 Å². The van der Waals surface area contributed by atoms with Gasteiger partial charge in [0.25, 0.3) is 6.71 Å². The number of hydrogen-bond acceptors (Lipinski definition) is 6. The number of thioether (sulfide) groups is 1. The van der Waals surface area contributed by atoms with E-state index in [-0.39, 0.29) is 47.0 Å². The van der Waals surface area contributed by atoms with E-state index in [1.807, 2.05) is 0 Å². The van der Waals surface area contributed by atoms with Crippen LogP contribution < -0.4 is 30.5 Å². The van der Waals surface area contributed by atoms with Crippen LogP contribution in [0.25, 0.3) is 55.6 Å². The summed E-state index contributed by atoms with van der Waals surface area (Å²) >= 11 is 2.15. The molecule has 21 rings (SSSR count). The predicted molar refractivity (Wildman–Crippen MR) is 461 cm³/mol. The zero-order valence-electron chi connectivity index (χ0n) is 60.7. The van der Waals surface area contributed by atoms with Gasteiger partial charge in [0.1, 0.15) is 11.9 Å². The van der Waals surface area contributed by atoms with Gasteiger partial charge in [-0.05, 0) is 169 Å². The Kier molecular flexibility index (Phi) is 16.5. The van der Waals surface area contributed by atoms with E-state index in [9.17, 15) is 0 Å². The molecule has 1 saturated heterocycles. The predicted octanol–water partition coefficient (Wildman–Crippen LogP) is 24.9. The number of para-hydroxylation sites is 3. The number of nitrogens with zero attached hydrogens (tertiary/aromatic N) is 4. The van der Waals surface area contributed by atoms with Crippen molar-refractivity contribution in [3.63, 3.8) is 0 Å². The number of allylic oxidation sites excluding steroid dienone is 9. The van der Waals surface area contributed by atoms with Gasteiger partial charge in [-0.3, -0.25) is 0 Å². The SMILES string of the molecule is C1=CC2OC3=C4C(CC(N(c5ccc(-c6ccccc6)cc5)c5cccc(-c6ccccc6)c5)=C3)SC3C=C5C(=CC3C4C2C=C1)B1c2ccccc2N(c2ccccc2)c2cc(N(C3=CC(c4ccccc4)CC=C3)c3ccc(-c4ccccc4)cc3)cc(c21)N5c1c(-c2ccccc2)cccc1-c1ccccc1. The number of benzene rings is 13. The number of anilines is 9. The first-order valence-corrected chi connectivity index (χ1v) is 39.7. The highest BCUT2D eigenvalue weighted by molar-refractivity contribution is 8.01. The van der Waals surface area contributed by atoms with Crippen LogP contribution in [0.4, 0.5) is 51.2 Å². The molecule has 0 amide bonds. The molecule has 5 nitrogen and oxygen atoms in total. The lowest BCUT2D eigenvalue weighted by atomic mass is 9.31. The van der Waals surface area contributed by atoms with E-state index in [4.69, 9.17) is 4.74 Å². The van der Waals surface area contributed by atoms with Gasteiger partial charge in [0.05, 0.1) is 11.4 Å². The maximum absolute atomic E-state index is 7.56. The van der Waals surface area contributed by atoms with Crippen molar-refractivity contribution in [2.45, 2.75) is 35.4 Å². The molecule has 4 aliphatic heterocycles. The van der Waals surface area contributed by atoms with Crippen molar-refractivity contribution >= 4 is 80.6 Å². The fraction of sp³-hybridized carbons (Fsp3) is 0.0874. The largest absolute Gasteiger partial charge is 0.486 e. The van der Waals surface area contributed by atoms with Crippen LogP contribution in [0.1, 0.15) is 24.3 Å². The van der Waals surface area contributed by atoms with Crippen molar-refractivity contribution in [3.8, 4) is 55.6 Å². The molecule has 0 saturated carbocycles. The molecule has 1 fully saturated rings. The minimum atomic E-state index is -0.160. The molecular weight excluding hydrogens is 1350 g/mol. The molecule has 7 unspecified atom stereocenters. The first-order valence-electron chi connectivity index (χ1n) is 38.8. The first kappa shape index (κ1) is 65.5. The van der Waals surface area contributed by atoms with E-state index >= 15 is 0 Å². The van der Waals surface area contributed by atoms with Crippen molar-refractivity contribution in [2.75, 3.05) is 19.6 Å². The lowest BCUT2D eigenvalue weighted by molar-refractivity contribution is 0.0634. The quantitative estimate of drug-likeness (QED) is 0.101.